The number of azo groups is 1. The maximum atomic E-state index is 12.6. The van der Waals surface area contributed by atoms with Crippen LogP contribution in [0.2, 0.25) is 0 Å². The van der Waals surface area contributed by atoms with Crippen molar-refractivity contribution in [2.75, 3.05) is 11.4 Å². The highest BCUT2D eigenvalue weighted by atomic mass is 16.3. The van der Waals surface area contributed by atoms with E-state index in [1.807, 2.05) is 59.7 Å². The molecule has 6 heteroatoms. The van der Waals surface area contributed by atoms with Crippen LogP contribution < -0.4 is 10.5 Å². The van der Waals surface area contributed by atoms with Gasteiger partial charge in [0.1, 0.15) is 5.69 Å². The van der Waals surface area contributed by atoms with E-state index in [0.717, 1.165) is 0 Å². The van der Waals surface area contributed by atoms with Crippen molar-refractivity contribution in [3.05, 3.63) is 70.7 Å². The van der Waals surface area contributed by atoms with Crippen LogP contribution in [-0.4, -0.2) is 16.2 Å². The van der Waals surface area contributed by atoms with Gasteiger partial charge in [0.15, 0.2) is 5.69 Å². The first-order valence-electron chi connectivity index (χ1n) is 7.59. The summed E-state index contributed by atoms with van der Waals surface area (Å²) in [6, 6.07) is 9.24. The van der Waals surface area contributed by atoms with Crippen molar-refractivity contribution >= 4 is 17.1 Å². The predicted molar refractivity (Wildman–Crippen MR) is 94.3 cm³/mol. The molecule has 2 heterocycles. The number of allylic oxidation sites excluding steroid dienone is 2. The molecule has 122 valence electrons. The Morgan fingerprint density at radius 1 is 1.12 bits per heavy atom. The number of hydrogen-bond donors (Lipinski definition) is 1. The molecule has 0 bridgehead atoms. The summed E-state index contributed by atoms with van der Waals surface area (Å²) in [7, 11) is 1.52. The van der Waals surface area contributed by atoms with Gasteiger partial charge in [-0.15, -0.1) is 5.11 Å². The standard InChI is InChI=1S/C18H18N4O2/c1-13-15(20-19-14-9-5-3-6-10-14)17(23)21(2)18(24)16(13)22-11-7-4-8-12-22/h3-11,23H,12H2,1-2H3. The van der Waals surface area contributed by atoms with Crippen LogP contribution in [0.15, 0.2) is 69.8 Å². The van der Waals surface area contributed by atoms with E-state index in [0.29, 0.717) is 29.2 Å². The van der Waals surface area contributed by atoms with Gasteiger partial charge in [-0.2, -0.15) is 5.11 Å². The fourth-order valence-corrected chi connectivity index (χ4v) is 2.55. The fourth-order valence-electron chi connectivity index (χ4n) is 2.55. The zero-order valence-corrected chi connectivity index (χ0v) is 13.5. The number of aromatic hydroxyl groups is 1. The van der Waals surface area contributed by atoms with Gasteiger partial charge in [0.25, 0.3) is 5.56 Å². The highest BCUT2D eigenvalue weighted by molar-refractivity contribution is 5.68. The highest BCUT2D eigenvalue weighted by Crippen LogP contribution is 2.35. The van der Waals surface area contributed by atoms with E-state index in [9.17, 15) is 9.90 Å². The minimum absolute atomic E-state index is 0.197. The van der Waals surface area contributed by atoms with E-state index < -0.39 is 0 Å². The molecule has 0 amide bonds. The molecule has 3 rings (SSSR count). The van der Waals surface area contributed by atoms with Crippen LogP contribution in [0.5, 0.6) is 5.88 Å². The molecule has 0 unspecified atom stereocenters. The van der Waals surface area contributed by atoms with E-state index in [1.165, 1.54) is 11.6 Å². The van der Waals surface area contributed by atoms with Crippen molar-refractivity contribution in [2.45, 2.75) is 6.92 Å². The molecule has 0 saturated carbocycles. The van der Waals surface area contributed by atoms with Gasteiger partial charge in [-0.05, 0) is 25.1 Å². The summed E-state index contributed by atoms with van der Waals surface area (Å²) >= 11 is 0. The topological polar surface area (TPSA) is 70.2 Å². The molecule has 1 N–H and O–H groups in total. The van der Waals surface area contributed by atoms with Gasteiger partial charge in [0, 0.05) is 25.4 Å². The van der Waals surface area contributed by atoms with Crippen LogP contribution in [0, 0.1) is 6.92 Å². The minimum Gasteiger partial charge on any atom is -0.493 e. The van der Waals surface area contributed by atoms with Gasteiger partial charge < -0.3 is 10.0 Å². The molecule has 1 aromatic heterocycles. The van der Waals surface area contributed by atoms with Crippen molar-refractivity contribution < 1.29 is 5.11 Å². The van der Waals surface area contributed by atoms with Gasteiger partial charge >= 0.3 is 0 Å². The second-order valence-electron chi connectivity index (χ2n) is 5.47. The average Bonchev–Trinajstić information content (AvgIpc) is 2.62. The molecular formula is C18H18N4O2. The fraction of sp³-hybridized carbons (Fsp3) is 0.167. The van der Waals surface area contributed by atoms with Crippen molar-refractivity contribution in [3.63, 3.8) is 0 Å². The summed E-state index contributed by atoms with van der Waals surface area (Å²) in [4.78, 5) is 14.4. The number of hydrogen-bond acceptors (Lipinski definition) is 5. The number of anilines is 1. The largest absolute Gasteiger partial charge is 0.493 e. The smallest absolute Gasteiger partial charge is 0.277 e. The molecule has 24 heavy (non-hydrogen) atoms. The molecule has 1 aromatic carbocycles. The van der Waals surface area contributed by atoms with Crippen LogP contribution in [-0.2, 0) is 7.05 Å². The third-order valence-corrected chi connectivity index (χ3v) is 3.87. The Morgan fingerprint density at radius 2 is 1.88 bits per heavy atom. The van der Waals surface area contributed by atoms with Crippen LogP contribution in [0.4, 0.5) is 17.1 Å². The molecule has 1 aliphatic heterocycles. The van der Waals surface area contributed by atoms with Crippen molar-refractivity contribution in [2.24, 2.45) is 17.3 Å². The quantitative estimate of drug-likeness (QED) is 0.876. The summed E-state index contributed by atoms with van der Waals surface area (Å²) < 4.78 is 1.19. The molecule has 0 aliphatic carbocycles. The number of aromatic nitrogens is 1. The molecule has 2 aromatic rings. The zero-order chi connectivity index (χ0) is 17.1. The summed E-state index contributed by atoms with van der Waals surface area (Å²) in [6.45, 7) is 2.36. The highest BCUT2D eigenvalue weighted by Gasteiger charge is 2.21. The average molecular weight is 322 g/mol. The van der Waals surface area contributed by atoms with Gasteiger partial charge in [0.05, 0.1) is 5.69 Å². The molecule has 1 aliphatic rings. The lowest BCUT2D eigenvalue weighted by atomic mass is 10.1. The first-order valence-corrected chi connectivity index (χ1v) is 7.59. The zero-order valence-electron chi connectivity index (χ0n) is 13.5. The van der Waals surface area contributed by atoms with E-state index in [4.69, 9.17) is 0 Å². The molecule has 0 spiro atoms. The lowest BCUT2D eigenvalue weighted by molar-refractivity contribution is 0.424. The summed E-state index contributed by atoms with van der Waals surface area (Å²) in [5.74, 6) is -0.197. The maximum absolute atomic E-state index is 12.6. The molecular weight excluding hydrogens is 304 g/mol. The summed E-state index contributed by atoms with van der Waals surface area (Å²) in [5.41, 5.74) is 1.77. The molecule has 0 saturated heterocycles. The van der Waals surface area contributed by atoms with E-state index in [1.54, 1.807) is 6.92 Å². The molecule has 0 radical (unpaired) electrons. The Kier molecular flexibility index (Phi) is 4.29. The monoisotopic (exact) mass is 322 g/mol. The predicted octanol–water partition coefficient (Wildman–Crippen LogP) is 3.70. The van der Waals surface area contributed by atoms with Gasteiger partial charge in [0.2, 0.25) is 5.88 Å². The Balaban J connectivity index is 2.11. The maximum Gasteiger partial charge on any atom is 0.277 e. The lowest BCUT2D eigenvalue weighted by Crippen LogP contribution is -2.29. The van der Waals surface area contributed by atoms with Crippen LogP contribution in [0.1, 0.15) is 5.56 Å². The van der Waals surface area contributed by atoms with Crippen LogP contribution >= 0.6 is 0 Å². The number of benzene rings is 1. The SMILES string of the molecule is Cc1c(N=Nc2ccccc2)c(O)n(C)c(=O)c1N1C=CC=CC1. The summed E-state index contributed by atoms with van der Waals surface area (Å²) in [6.07, 6.45) is 7.57. The van der Waals surface area contributed by atoms with Crippen LogP contribution in [0.3, 0.4) is 0 Å². The molecule has 0 fully saturated rings. The normalized spacial score (nSPS) is 13.8. The Bertz CT molecular complexity index is 895. The third kappa shape index (κ3) is 2.86. The van der Waals surface area contributed by atoms with Crippen LogP contribution in [0.25, 0.3) is 0 Å². The number of nitrogens with zero attached hydrogens (tertiary/aromatic N) is 4. The van der Waals surface area contributed by atoms with Crippen molar-refractivity contribution in [1.29, 1.82) is 0 Å². The first kappa shape index (κ1) is 15.7. The third-order valence-electron chi connectivity index (χ3n) is 3.87. The second kappa shape index (κ2) is 6.54. The Hall–Kier alpha value is -3.15. The Labute approximate surface area is 139 Å². The van der Waals surface area contributed by atoms with Gasteiger partial charge in [-0.3, -0.25) is 9.36 Å². The van der Waals surface area contributed by atoms with E-state index >= 15 is 0 Å². The molecule has 0 atom stereocenters. The van der Waals surface area contributed by atoms with E-state index in [2.05, 4.69) is 10.2 Å². The van der Waals surface area contributed by atoms with Gasteiger partial charge in [-0.1, -0.05) is 30.4 Å². The minimum atomic E-state index is -0.274. The molecule has 6 nitrogen and oxygen atoms in total. The second-order valence-corrected chi connectivity index (χ2v) is 5.47. The Morgan fingerprint density at radius 3 is 2.54 bits per heavy atom. The summed E-state index contributed by atoms with van der Waals surface area (Å²) in [5, 5.41) is 18.7. The van der Waals surface area contributed by atoms with E-state index in [-0.39, 0.29) is 11.4 Å². The van der Waals surface area contributed by atoms with Crippen molar-refractivity contribution in [3.8, 4) is 5.88 Å². The first-order chi connectivity index (χ1) is 11.6. The van der Waals surface area contributed by atoms with Crippen molar-refractivity contribution in [1.82, 2.24) is 4.57 Å². The lowest BCUT2D eigenvalue weighted by Gasteiger charge is -2.23. The number of rotatable bonds is 3. The number of pyridine rings is 1. The van der Waals surface area contributed by atoms with Gasteiger partial charge in [-0.25, -0.2) is 0 Å².